The number of hydrogen-bond donors (Lipinski definition) is 0. The van der Waals surface area contributed by atoms with E-state index in [9.17, 15) is 9.59 Å². The number of imide groups is 1. The van der Waals surface area contributed by atoms with Crippen LogP contribution in [0.25, 0.3) is 0 Å². The Labute approximate surface area is 97.7 Å². The Morgan fingerprint density at radius 1 is 1.31 bits per heavy atom. The Hall–Kier alpha value is -1.55. The van der Waals surface area contributed by atoms with Gasteiger partial charge in [-0.2, -0.15) is 0 Å². The number of ether oxygens (including phenoxy) is 1. The summed E-state index contributed by atoms with van der Waals surface area (Å²) < 4.78 is 4.99. The number of amides is 2. The van der Waals surface area contributed by atoms with Crippen LogP contribution >= 0.6 is 11.6 Å². The first kappa shape index (κ1) is 11.0. The number of hydrogen-bond acceptors (Lipinski definition) is 3. The summed E-state index contributed by atoms with van der Waals surface area (Å²) in [5, 5.41) is -0.741. The molecule has 4 nitrogen and oxygen atoms in total. The van der Waals surface area contributed by atoms with Crippen molar-refractivity contribution in [2.24, 2.45) is 0 Å². The van der Waals surface area contributed by atoms with Crippen LogP contribution < -0.4 is 9.64 Å². The minimum absolute atomic E-state index is 0.0619. The highest BCUT2D eigenvalue weighted by molar-refractivity contribution is 6.40. The molecule has 2 amide bonds. The van der Waals surface area contributed by atoms with E-state index >= 15 is 0 Å². The Bertz CT molecular complexity index is 429. The van der Waals surface area contributed by atoms with Gasteiger partial charge in [-0.15, -0.1) is 11.6 Å². The molecule has 16 heavy (non-hydrogen) atoms. The molecule has 1 atom stereocenters. The van der Waals surface area contributed by atoms with Crippen molar-refractivity contribution in [1.82, 2.24) is 0 Å². The van der Waals surface area contributed by atoms with Gasteiger partial charge in [0.1, 0.15) is 11.1 Å². The summed E-state index contributed by atoms with van der Waals surface area (Å²) in [4.78, 5) is 24.3. The summed E-state index contributed by atoms with van der Waals surface area (Å²) in [6, 6.07) is 6.70. The molecule has 0 aliphatic carbocycles. The van der Waals surface area contributed by atoms with Gasteiger partial charge in [0.05, 0.1) is 19.2 Å². The monoisotopic (exact) mass is 239 g/mol. The first-order chi connectivity index (χ1) is 7.63. The predicted molar refractivity (Wildman–Crippen MR) is 59.7 cm³/mol. The van der Waals surface area contributed by atoms with Crippen molar-refractivity contribution >= 4 is 29.1 Å². The van der Waals surface area contributed by atoms with Crippen LogP contribution in [0.15, 0.2) is 24.3 Å². The Balaban J connectivity index is 2.30. The van der Waals surface area contributed by atoms with Crippen molar-refractivity contribution in [3.8, 4) is 5.75 Å². The lowest BCUT2D eigenvalue weighted by atomic mass is 10.3. The van der Waals surface area contributed by atoms with E-state index < -0.39 is 5.38 Å². The quantitative estimate of drug-likeness (QED) is 0.581. The number of rotatable bonds is 2. The molecule has 0 unspecified atom stereocenters. The predicted octanol–water partition coefficient (Wildman–Crippen LogP) is 1.57. The number of benzene rings is 1. The maximum absolute atomic E-state index is 11.6. The summed E-state index contributed by atoms with van der Waals surface area (Å²) in [5.74, 6) is 0.0391. The van der Waals surface area contributed by atoms with Crippen LogP contribution in [-0.2, 0) is 9.59 Å². The van der Waals surface area contributed by atoms with Crippen LogP contribution in [0.2, 0.25) is 0 Å². The van der Waals surface area contributed by atoms with Crippen LogP contribution in [0.4, 0.5) is 5.69 Å². The first-order valence-electron chi connectivity index (χ1n) is 4.78. The SMILES string of the molecule is COc1ccc(N2C(=O)C[C@@H](Cl)C2=O)cc1. The molecule has 2 rings (SSSR count). The number of anilines is 1. The zero-order valence-electron chi connectivity index (χ0n) is 8.64. The highest BCUT2D eigenvalue weighted by atomic mass is 35.5. The molecule has 0 saturated carbocycles. The average Bonchev–Trinajstić information content (AvgIpc) is 2.54. The second-order valence-corrected chi connectivity index (χ2v) is 3.96. The summed E-state index contributed by atoms with van der Waals surface area (Å²) in [7, 11) is 1.55. The molecule has 1 saturated heterocycles. The minimum Gasteiger partial charge on any atom is -0.497 e. The maximum Gasteiger partial charge on any atom is 0.252 e. The van der Waals surface area contributed by atoms with E-state index in [1.807, 2.05) is 0 Å². The smallest absolute Gasteiger partial charge is 0.252 e. The van der Waals surface area contributed by atoms with Crippen molar-refractivity contribution in [2.75, 3.05) is 12.0 Å². The Morgan fingerprint density at radius 3 is 2.38 bits per heavy atom. The fourth-order valence-corrected chi connectivity index (χ4v) is 1.83. The average molecular weight is 240 g/mol. The van der Waals surface area contributed by atoms with Gasteiger partial charge >= 0.3 is 0 Å². The number of halogens is 1. The fraction of sp³-hybridized carbons (Fsp3) is 0.273. The molecule has 84 valence electrons. The Morgan fingerprint density at radius 2 is 1.94 bits per heavy atom. The lowest BCUT2D eigenvalue weighted by Gasteiger charge is -2.14. The van der Waals surface area contributed by atoms with E-state index in [1.54, 1.807) is 31.4 Å². The molecule has 1 aromatic carbocycles. The molecule has 5 heteroatoms. The zero-order valence-corrected chi connectivity index (χ0v) is 9.40. The van der Waals surface area contributed by atoms with Crippen molar-refractivity contribution in [1.29, 1.82) is 0 Å². The third kappa shape index (κ3) is 1.76. The molecule has 1 aromatic rings. The second kappa shape index (κ2) is 4.14. The standard InChI is InChI=1S/C11H10ClNO3/c1-16-8-4-2-7(3-5-8)13-10(14)6-9(12)11(13)15/h2-5,9H,6H2,1H3/t9-/m1/s1. The van der Waals surface area contributed by atoms with Gasteiger partial charge in [0.25, 0.3) is 5.91 Å². The minimum atomic E-state index is -0.741. The van der Waals surface area contributed by atoms with E-state index in [1.165, 1.54) is 0 Å². The normalized spacial score (nSPS) is 20.4. The number of carbonyl (C=O) groups is 2. The van der Waals surface area contributed by atoms with Crippen LogP contribution in [0.3, 0.4) is 0 Å². The van der Waals surface area contributed by atoms with Crippen LogP contribution in [0, 0.1) is 0 Å². The van der Waals surface area contributed by atoms with E-state index in [0.717, 1.165) is 4.90 Å². The van der Waals surface area contributed by atoms with Gasteiger partial charge < -0.3 is 4.74 Å². The van der Waals surface area contributed by atoms with E-state index in [2.05, 4.69) is 0 Å². The van der Waals surface area contributed by atoms with Gasteiger partial charge in [0.2, 0.25) is 5.91 Å². The largest absolute Gasteiger partial charge is 0.497 e. The molecule has 1 fully saturated rings. The van der Waals surface area contributed by atoms with Gasteiger partial charge in [-0.3, -0.25) is 9.59 Å². The van der Waals surface area contributed by atoms with Crippen molar-refractivity contribution in [2.45, 2.75) is 11.8 Å². The van der Waals surface area contributed by atoms with Gasteiger partial charge in [-0.1, -0.05) is 0 Å². The lowest BCUT2D eigenvalue weighted by Crippen LogP contribution is -2.30. The molecule has 0 bridgehead atoms. The molecule has 0 spiro atoms. The van der Waals surface area contributed by atoms with Crippen LogP contribution in [-0.4, -0.2) is 24.3 Å². The molecule has 0 radical (unpaired) electrons. The summed E-state index contributed by atoms with van der Waals surface area (Å²) >= 11 is 5.72. The van der Waals surface area contributed by atoms with E-state index in [-0.39, 0.29) is 18.2 Å². The van der Waals surface area contributed by atoms with Crippen LogP contribution in [0.1, 0.15) is 6.42 Å². The number of methoxy groups -OCH3 is 1. The molecule has 1 heterocycles. The fourth-order valence-electron chi connectivity index (χ4n) is 1.60. The molecule has 0 N–H and O–H groups in total. The van der Waals surface area contributed by atoms with E-state index in [0.29, 0.717) is 11.4 Å². The molecule has 1 aliphatic heterocycles. The second-order valence-electron chi connectivity index (χ2n) is 3.44. The number of alkyl halides is 1. The van der Waals surface area contributed by atoms with E-state index in [4.69, 9.17) is 16.3 Å². The number of carbonyl (C=O) groups excluding carboxylic acids is 2. The van der Waals surface area contributed by atoms with Gasteiger partial charge in [-0.05, 0) is 24.3 Å². The zero-order chi connectivity index (χ0) is 11.7. The maximum atomic E-state index is 11.6. The molecular formula is C11H10ClNO3. The summed E-state index contributed by atoms with van der Waals surface area (Å²) in [6.45, 7) is 0. The topological polar surface area (TPSA) is 46.6 Å². The first-order valence-corrected chi connectivity index (χ1v) is 5.22. The lowest BCUT2D eigenvalue weighted by molar-refractivity contribution is -0.121. The van der Waals surface area contributed by atoms with Gasteiger partial charge in [0, 0.05) is 0 Å². The molecule has 1 aliphatic rings. The van der Waals surface area contributed by atoms with Crippen molar-refractivity contribution in [3.05, 3.63) is 24.3 Å². The third-order valence-electron chi connectivity index (χ3n) is 2.42. The number of nitrogens with zero attached hydrogens (tertiary/aromatic N) is 1. The van der Waals surface area contributed by atoms with Crippen molar-refractivity contribution in [3.63, 3.8) is 0 Å². The molecular weight excluding hydrogens is 230 g/mol. The molecule has 0 aromatic heterocycles. The van der Waals surface area contributed by atoms with Gasteiger partial charge in [0.15, 0.2) is 0 Å². The summed E-state index contributed by atoms with van der Waals surface area (Å²) in [6.07, 6.45) is 0.0619. The Kier molecular flexibility index (Phi) is 2.83. The third-order valence-corrected chi connectivity index (χ3v) is 2.76. The highest BCUT2D eigenvalue weighted by Crippen LogP contribution is 2.26. The van der Waals surface area contributed by atoms with Crippen molar-refractivity contribution < 1.29 is 14.3 Å². The van der Waals surface area contributed by atoms with Gasteiger partial charge in [-0.25, -0.2) is 4.90 Å². The summed E-state index contributed by atoms with van der Waals surface area (Å²) in [5.41, 5.74) is 0.527. The van der Waals surface area contributed by atoms with Crippen LogP contribution in [0.5, 0.6) is 5.75 Å². The highest BCUT2D eigenvalue weighted by Gasteiger charge is 2.38.